The molecule has 0 aliphatic heterocycles. The van der Waals surface area contributed by atoms with Crippen LogP contribution in [0.25, 0.3) is 0 Å². The quantitative estimate of drug-likeness (QED) is 0.441. The van der Waals surface area contributed by atoms with E-state index < -0.39 is 5.97 Å². The van der Waals surface area contributed by atoms with Crippen LogP contribution in [0.2, 0.25) is 0 Å². The average molecular weight is 196 g/mol. The molecule has 0 spiro atoms. The van der Waals surface area contributed by atoms with Crippen molar-refractivity contribution in [1.82, 2.24) is 0 Å². The second-order valence-corrected chi connectivity index (χ2v) is 2.16. The number of carbonyl (C=O) groups is 1. The summed E-state index contributed by atoms with van der Waals surface area (Å²) in [5.41, 5.74) is 0.271. The molecule has 13 heavy (non-hydrogen) atoms. The summed E-state index contributed by atoms with van der Waals surface area (Å²) in [5.74, 6) is -1.48. The first-order valence-corrected chi connectivity index (χ1v) is 3.15. The van der Waals surface area contributed by atoms with Gasteiger partial charge in [0.2, 0.25) is 0 Å². The van der Waals surface area contributed by atoms with Crippen LogP contribution in [0.3, 0.4) is 0 Å². The van der Waals surface area contributed by atoms with Gasteiger partial charge in [-0.2, -0.15) is 0 Å². The fourth-order valence-electron chi connectivity index (χ4n) is 0.805. The van der Waals surface area contributed by atoms with Crippen molar-refractivity contribution in [3.05, 3.63) is 29.8 Å². The van der Waals surface area contributed by atoms with Crippen LogP contribution in [0.15, 0.2) is 24.3 Å². The van der Waals surface area contributed by atoms with Crippen molar-refractivity contribution < 1.29 is 74.1 Å². The third-order valence-electron chi connectivity index (χ3n) is 1.31. The number of rotatable bonds is 2. The Bertz CT molecular complexity index is 276. The zero-order valence-electron chi connectivity index (χ0n) is 7.74. The predicted molar refractivity (Wildman–Crippen MR) is 34.6 cm³/mol. The third-order valence-corrected chi connectivity index (χ3v) is 1.31. The molecule has 0 fully saturated rings. The maximum atomic E-state index is 10.9. The van der Waals surface area contributed by atoms with Gasteiger partial charge in [-0.25, -0.2) is 0 Å². The molecule has 1 aromatic carbocycles. The molecule has 0 bridgehead atoms. The molecule has 0 amide bonds. The standard InChI is InChI=1S/C8H8O3.2Na/c9-7-4-2-1-3-6(7)5-8(10)11;;/h1-4,9H,5H2,(H,10,11);;/q;2*+1/p-2. The van der Waals surface area contributed by atoms with E-state index in [1.54, 1.807) is 12.1 Å². The maximum absolute atomic E-state index is 10.9. The number of carboxylic acid groups (broad SMARTS) is 1. The summed E-state index contributed by atoms with van der Waals surface area (Å²) in [5, 5.41) is 20.9. The molecule has 0 saturated carbocycles. The zero-order chi connectivity index (χ0) is 8.27. The Hall–Kier alpha value is 0.490. The molecule has 58 valence electrons. The van der Waals surface area contributed by atoms with Gasteiger partial charge in [0, 0.05) is 12.4 Å². The number of benzene rings is 1. The van der Waals surface area contributed by atoms with E-state index in [1.807, 2.05) is 0 Å². The van der Waals surface area contributed by atoms with Crippen LogP contribution in [0.5, 0.6) is 5.75 Å². The molecule has 3 nitrogen and oxygen atoms in total. The molecule has 0 unspecified atom stereocenters. The Morgan fingerprint density at radius 1 is 1.23 bits per heavy atom. The van der Waals surface area contributed by atoms with Gasteiger partial charge in [0.15, 0.2) is 0 Å². The Morgan fingerprint density at radius 2 is 1.77 bits per heavy atom. The molecule has 0 aromatic heterocycles. The van der Waals surface area contributed by atoms with Crippen molar-refractivity contribution in [3.63, 3.8) is 0 Å². The van der Waals surface area contributed by atoms with Gasteiger partial charge < -0.3 is 15.0 Å². The largest absolute Gasteiger partial charge is 1.00 e. The molecule has 1 aromatic rings. The second-order valence-electron chi connectivity index (χ2n) is 2.16. The molecule has 0 saturated heterocycles. The van der Waals surface area contributed by atoms with Gasteiger partial charge in [-0.3, -0.25) is 0 Å². The van der Waals surface area contributed by atoms with Crippen LogP contribution in [-0.4, -0.2) is 5.97 Å². The first kappa shape index (κ1) is 15.9. The zero-order valence-corrected chi connectivity index (χ0v) is 11.7. The van der Waals surface area contributed by atoms with Crippen LogP contribution in [0.1, 0.15) is 5.56 Å². The van der Waals surface area contributed by atoms with Gasteiger partial charge >= 0.3 is 59.1 Å². The number of aliphatic carboxylic acids is 1. The fourth-order valence-corrected chi connectivity index (χ4v) is 0.805. The van der Waals surface area contributed by atoms with E-state index in [0.29, 0.717) is 0 Å². The molecule has 0 radical (unpaired) electrons. The number of carbonyl (C=O) groups excluding carboxylic acids is 1. The van der Waals surface area contributed by atoms with Crippen molar-refractivity contribution in [1.29, 1.82) is 0 Å². The third kappa shape index (κ3) is 5.73. The molecule has 1 rings (SSSR count). The van der Waals surface area contributed by atoms with Gasteiger partial charge in [0.05, 0.1) is 0 Å². The van der Waals surface area contributed by atoms with Gasteiger partial charge in [0.25, 0.3) is 0 Å². The summed E-state index contributed by atoms with van der Waals surface area (Å²) in [7, 11) is 0. The van der Waals surface area contributed by atoms with E-state index in [4.69, 9.17) is 0 Å². The Kier molecular flexibility index (Phi) is 9.63. The number of carboxylic acids is 1. The SMILES string of the molecule is O=C([O-])Cc1ccccc1[O-].[Na+].[Na+]. The van der Waals surface area contributed by atoms with Crippen molar-refractivity contribution in [2.24, 2.45) is 0 Å². The average Bonchev–Trinajstić information content (AvgIpc) is 1.93. The molecule has 0 atom stereocenters. The topological polar surface area (TPSA) is 63.2 Å². The minimum Gasteiger partial charge on any atom is -0.872 e. The Morgan fingerprint density at radius 3 is 2.23 bits per heavy atom. The molecular weight excluding hydrogens is 190 g/mol. The van der Waals surface area contributed by atoms with Gasteiger partial charge in [0.1, 0.15) is 0 Å². The molecule has 5 heteroatoms. The van der Waals surface area contributed by atoms with Crippen molar-refractivity contribution in [2.75, 3.05) is 0 Å². The van der Waals surface area contributed by atoms with Crippen molar-refractivity contribution in [3.8, 4) is 5.75 Å². The minimum absolute atomic E-state index is 0. The van der Waals surface area contributed by atoms with Crippen LogP contribution in [0.4, 0.5) is 0 Å². The molecule has 0 heterocycles. The molecule has 0 N–H and O–H groups in total. The number of hydrogen-bond donors (Lipinski definition) is 0. The normalized spacial score (nSPS) is 8.00. The molecular formula is C8H6Na2O3. The molecule has 0 aliphatic rings. The summed E-state index contributed by atoms with van der Waals surface area (Å²) in [6.07, 6.45) is -0.306. The summed E-state index contributed by atoms with van der Waals surface area (Å²) in [6.45, 7) is 0. The van der Waals surface area contributed by atoms with Crippen LogP contribution in [-0.2, 0) is 11.2 Å². The number of hydrogen-bond acceptors (Lipinski definition) is 3. The van der Waals surface area contributed by atoms with Crippen LogP contribution >= 0.6 is 0 Å². The van der Waals surface area contributed by atoms with Crippen LogP contribution < -0.4 is 69.3 Å². The summed E-state index contributed by atoms with van der Waals surface area (Å²) >= 11 is 0. The van der Waals surface area contributed by atoms with Gasteiger partial charge in [-0.1, -0.05) is 29.8 Å². The summed E-state index contributed by atoms with van der Waals surface area (Å²) < 4.78 is 0. The Labute approximate surface area is 121 Å². The van der Waals surface area contributed by atoms with Crippen molar-refractivity contribution >= 4 is 5.97 Å². The van der Waals surface area contributed by atoms with Gasteiger partial charge in [-0.05, 0) is 0 Å². The van der Waals surface area contributed by atoms with E-state index in [-0.39, 0.29) is 76.8 Å². The second kappa shape index (κ2) is 7.85. The Balaban J connectivity index is 0. The first-order chi connectivity index (χ1) is 5.20. The van der Waals surface area contributed by atoms with E-state index in [0.717, 1.165) is 0 Å². The van der Waals surface area contributed by atoms with E-state index in [9.17, 15) is 15.0 Å². The summed E-state index contributed by atoms with van der Waals surface area (Å²) in [4.78, 5) is 10.1. The van der Waals surface area contributed by atoms with Crippen molar-refractivity contribution in [2.45, 2.75) is 6.42 Å². The van der Waals surface area contributed by atoms with E-state index in [1.165, 1.54) is 12.1 Å². The first-order valence-electron chi connectivity index (χ1n) is 3.15. The predicted octanol–water partition coefficient (Wildman–Crippen LogP) is -6.94. The van der Waals surface area contributed by atoms with Gasteiger partial charge in [-0.15, -0.1) is 5.75 Å². The minimum atomic E-state index is -1.23. The summed E-state index contributed by atoms with van der Waals surface area (Å²) in [6, 6.07) is 6.01. The van der Waals surface area contributed by atoms with E-state index in [2.05, 4.69) is 0 Å². The smallest absolute Gasteiger partial charge is 0.872 e. The maximum Gasteiger partial charge on any atom is 1.00 e. The fraction of sp³-hybridized carbons (Fsp3) is 0.125. The van der Waals surface area contributed by atoms with E-state index >= 15 is 0 Å². The molecule has 0 aliphatic carbocycles. The number of para-hydroxylation sites is 1. The van der Waals surface area contributed by atoms with Crippen LogP contribution in [0, 0.1) is 0 Å². The monoisotopic (exact) mass is 196 g/mol.